The van der Waals surface area contributed by atoms with Gasteiger partial charge >= 0.3 is 0 Å². The van der Waals surface area contributed by atoms with E-state index < -0.39 is 22.9 Å². The van der Waals surface area contributed by atoms with E-state index in [2.05, 4.69) is 42.2 Å². The van der Waals surface area contributed by atoms with Crippen LogP contribution < -0.4 is 10.7 Å². The van der Waals surface area contributed by atoms with Gasteiger partial charge in [0.25, 0.3) is 0 Å². The van der Waals surface area contributed by atoms with Crippen LogP contribution in [0.2, 0.25) is 0 Å². The maximum Gasteiger partial charge on any atom is 0.244 e. The molecule has 0 aliphatic heterocycles. The van der Waals surface area contributed by atoms with Gasteiger partial charge in [0, 0.05) is 26.4 Å². The number of fused-ring (bicyclic) bond motifs is 1. The van der Waals surface area contributed by atoms with Crippen molar-refractivity contribution in [2.24, 2.45) is 0 Å². The van der Waals surface area contributed by atoms with Gasteiger partial charge in [-0.1, -0.05) is 31.9 Å². The number of aromatic nitrogens is 2. The molecule has 2 aromatic heterocycles. The Bertz CT molecular complexity index is 1470. The number of hydrogen-bond donors (Lipinski definition) is 1. The zero-order valence-electron chi connectivity index (χ0n) is 17.2. The molecule has 0 fully saturated rings. The monoisotopic (exact) mass is 571 g/mol. The average Bonchev–Trinajstić information content (AvgIpc) is 2.77. The second kappa shape index (κ2) is 9.36. The van der Waals surface area contributed by atoms with Gasteiger partial charge in [-0.15, -0.1) is 0 Å². The second-order valence-corrected chi connectivity index (χ2v) is 9.16. The highest BCUT2D eigenvalue weighted by Crippen LogP contribution is 2.20. The molecule has 9 heteroatoms. The molecule has 0 spiro atoms. The van der Waals surface area contributed by atoms with Crippen molar-refractivity contribution in [3.8, 4) is 0 Å². The van der Waals surface area contributed by atoms with Gasteiger partial charge < -0.3 is 9.88 Å². The largest absolute Gasteiger partial charge is 0.322 e. The van der Waals surface area contributed by atoms with Gasteiger partial charge in [-0.25, -0.2) is 9.37 Å². The molecule has 0 aliphatic carbocycles. The van der Waals surface area contributed by atoms with E-state index in [9.17, 15) is 18.8 Å². The smallest absolute Gasteiger partial charge is 0.244 e. The molecule has 2 aromatic carbocycles. The maximum absolute atomic E-state index is 14.1. The van der Waals surface area contributed by atoms with Crippen molar-refractivity contribution in [2.45, 2.75) is 13.5 Å². The summed E-state index contributed by atoms with van der Waals surface area (Å²) in [4.78, 5) is 43.3. The Kier molecular flexibility index (Phi) is 6.53. The fraction of sp³-hybridized carbons (Fsp3) is 0.0833. The summed E-state index contributed by atoms with van der Waals surface area (Å²) < 4.78 is 16.9. The molecule has 4 rings (SSSR count). The highest BCUT2D eigenvalue weighted by Gasteiger charge is 2.19. The molecular weight excluding hydrogens is 557 g/mol. The fourth-order valence-corrected chi connectivity index (χ4v) is 3.93. The number of nitrogens with one attached hydrogen (secondary N) is 1. The number of pyridine rings is 2. The number of nitrogens with zero attached hydrogens (tertiary/aromatic N) is 2. The van der Waals surface area contributed by atoms with E-state index in [1.54, 1.807) is 49.4 Å². The molecule has 33 heavy (non-hydrogen) atoms. The third kappa shape index (κ3) is 4.94. The minimum Gasteiger partial charge on any atom is -0.322 e. The quantitative estimate of drug-likeness (QED) is 0.332. The van der Waals surface area contributed by atoms with Gasteiger partial charge in [0.05, 0.1) is 16.6 Å². The molecule has 4 aromatic rings. The van der Waals surface area contributed by atoms with E-state index in [0.717, 1.165) is 4.47 Å². The summed E-state index contributed by atoms with van der Waals surface area (Å²) >= 11 is 6.49. The lowest BCUT2D eigenvalue weighted by Crippen LogP contribution is -2.25. The van der Waals surface area contributed by atoms with E-state index in [1.807, 2.05) is 0 Å². The minimum absolute atomic E-state index is 0.0175. The summed E-state index contributed by atoms with van der Waals surface area (Å²) in [5.41, 5.74) is 0.700. The number of carbonyl (C=O) groups excluding carboxylic acids is 2. The lowest BCUT2D eigenvalue weighted by Gasteiger charge is -2.13. The molecule has 6 nitrogen and oxygen atoms in total. The van der Waals surface area contributed by atoms with Gasteiger partial charge in [0.15, 0.2) is 5.78 Å². The molecule has 166 valence electrons. The van der Waals surface area contributed by atoms with Gasteiger partial charge in [0.1, 0.15) is 18.0 Å². The summed E-state index contributed by atoms with van der Waals surface area (Å²) in [6.45, 7) is 1.48. The second-order valence-electron chi connectivity index (χ2n) is 7.33. The van der Waals surface area contributed by atoms with Crippen LogP contribution >= 0.6 is 31.9 Å². The Morgan fingerprint density at radius 2 is 1.73 bits per heavy atom. The summed E-state index contributed by atoms with van der Waals surface area (Å²) in [5.74, 6) is -1.60. The molecular formula is C24H16Br2FN3O3. The predicted octanol–water partition coefficient (Wildman–Crippen LogP) is 5.24. The summed E-state index contributed by atoms with van der Waals surface area (Å²) in [7, 11) is 0. The number of amides is 1. The van der Waals surface area contributed by atoms with E-state index in [-0.39, 0.29) is 28.8 Å². The average molecular weight is 573 g/mol. The molecule has 0 saturated carbocycles. The molecule has 1 amide bonds. The third-order valence-electron chi connectivity index (χ3n) is 4.93. The van der Waals surface area contributed by atoms with Crippen LogP contribution in [0.25, 0.3) is 11.0 Å². The maximum atomic E-state index is 14.1. The lowest BCUT2D eigenvalue weighted by molar-refractivity contribution is -0.116. The van der Waals surface area contributed by atoms with Crippen LogP contribution in [0.3, 0.4) is 0 Å². The van der Waals surface area contributed by atoms with Crippen molar-refractivity contribution in [3.63, 3.8) is 0 Å². The van der Waals surface area contributed by atoms with Crippen molar-refractivity contribution in [2.75, 3.05) is 5.32 Å². The Morgan fingerprint density at radius 1 is 1.03 bits per heavy atom. The van der Waals surface area contributed by atoms with Gasteiger partial charge in [-0.2, -0.15) is 0 Å². The highest BCUT2D eigenvalue weighted by molar-refractivity contribution is 9.10. The summed E-state index contributed by atoms with van der Waals surface area (Å²) in [6, 6.07) is 14.2. The normalized spacial score (nSPS) is 10.9. The first-order valence-electron chi connectivity index (χ1n) is 9.79. The number of halogens is 3. The van der Waals surface area contributed by atoms with Gasteiger partial charge in [-0.05, 0) is 61.5 Å². The van der Waals surface area contributed by atoms with Crippen molar-refractivity contribution in [1.82, 2.24) is 9.55 Å². The zero-order chi connectivity index (χ0) is 23.7. The van der Waals surface area contributed by atoms with E-state index in [4.69, 9.17) is 0 Å². The molecule has 1 N–H and O–H groups in total. The molecule has 0 atom stereocenters. The highest BCUT2D eigenvalue weighted by atomic mass is 79.9. The predicted molar refractivity (Wildman–Crippen MR) is 131 cm³/mol. The number of anilines is 1. The Balaban J connectivity index is 1.76. The van der Waals surface area contributed by atoms with Crippen molar-refractivity contribution >= 4 is 60.3 Å². The minimum atomic E-state index is -0.595. The first kappa shape index (κ1) is 23.0. The lowest BCUT2D eigenvalue weighted by atomic mass is 10.0. The molecule has 0 aliphatic rings. The van der Waals surface area contributed by atoms with Crippen molar-refractivity contribution in [3.05, 3.63) is 103 Å². The van der Waals surface area contributed by atoms with Crippen LogP contribution in [0, 0.1) is 12.7 Å². The summed E-state index contributed by atoms with van der Waals surface area (Å²) in [5, 5.41) is 2.73. The summed E-state index contributed by atoms with van der Waals surface area (Å²) in [6.07, 6.45) is 1.33. The number of ketones is 1. The standard InChI is InChI=1S/C24H16Br2FN3O3/c1-13-2-8-17-23(33)18(22(32)14-3-5-15(25)6-4-14)11-30(24(17)28-13)12-21(31)29-20-9-7-16(26)10-19(20)27/h2-11H,12H2,1H3,(H,29,31). The van der Waals surface area contributed by atoms with Gasteiger partial charge in [0.2, 0.25) is 11.3 Å². The van der Waals surface area contributed by atoms with Crippen LogP contribution in [0.5, 0.6) is 0 Å². The third-order valence-corrected chi connectivity index (χ3v) is 5.95. The van der Waals surface area contributed by atoms with Crippen LogP contribution in [0.4, 0.5) is 10.1 Å². The molecule has 0 bridgehead atoms. The zero-order valence-corrected chi connectivity index (χ0v) is 20.4. The van der Waals surface area contributed by atoms with E-state index in [0.29, 0.717) is 15.7 Å². The Hall–Kier alpha value is -3.17. The first-order chi connectivity index (χ1) is 15.7. The van der Waals surface area contributed by atoms with Gasteiger partial charge in [-0.3, -0.25) is 14.4 Å². The number of benzene rings is 2. The van der Waals surface area contributed by atoms with Crippen LogP contribution in [0.15, 0.2) is 74.5 Å². The Morgan fingerprint density at radius 3 is 2.42 bits per heavy atom. The SMILES string of the molecule is Cc1ccc2c(=O)c(C(=O)c3ccc(Br)cc3)cn(CC(=O)Nc3ccc(Br)cc3F)c2n1. The Labute approximate surface area is 204 Å². The number of aryl methyl sites for hydroxylation is 1. The molecule has 0 unspecified atom stereocenters. The fourth-order valence-electron chi connectivity index (χ4n) is 3.33. The van der Waals surface area contributed by atoms with E-state index in [1.165, 1.54) is 22.9 Å². The van der Waals surface area contributed by atoms with Crippen LogP contribution in [-0.4, -0.2) is 21.2 Å². The molecule has 0 radical (unpaired) electrons. The topological polar surface area (TPSA) is 81.1 Å². The molecule has 0 saturated heterocycles. The van der Waals surface area contributed by atoms with E-state index >= 15 is 0 Å². The number of rotatable bonds is 5. The van der Waals surface area contributed by atoms with Crippen LogP contribution in [0.1, 0.15) is 21.6 Å². The number of carbonyl (C=O) groups is 2. The molecule has 2 heterocycles. The first-order valence-corrected chi connectivity index (χ1v) is 11.4. The van der Waals surface area contributed by atoms with Crippen molar-refractivity contribution in [1.29, 1.82) is 0 Å². The number of hydrogen-bond acceptors (Lipinski definition) is 4. The van der Waals surface area contributed by atoms with Crippen molar-refractivity contribution < 1.29 is 14.0 Å². The van der Waals surface area contributed by atoms with Crippen LogP contribution in [-0.2, 0) is 11.3 Å².